The van der Waals surface area contributed by atoms with Gasteiger partial charge in [0.05, 0.1) is 13.2 Å². The van der Waals surface area contributed by atoms with Crippen LogP contribution in [0.15, 0.2) is 35.1 Å². The van der Waals surface area contributed by atoms with Gasteiger partial charge in [0, 0.05) is 5.71 Å². The Morgan fingerprint density at radius 3 is 2.25 bits per heavy atom. The Morgan fingerprint density at radius 2 is 1.75 bits per heavy atom. The lowest BCUT2D eigenvalue weighted by atomic mass is 10.1. The summed E-state index contributed by atoms with van der Waals surface area (Å²) in [6, 6.07) is 8.11. The highest BCUT2D eigenvalue weighted by Crippen LogP contribution is 2.49. The van der Waals surface area contributed by atoms with Gasteiger partial charge < -0.3 is 0 Å². The molecule has 0 spiro atoms. The number of allylic oxidation sites excluding steroid dienone is 1. The van der Waals surface area contributed by atoms with Crippen LogP contribution in [0.25, 0.3) is 6.08 Å². The van der Waals surface area contributed by atoms with Gasteiger partial charge in [-0.2, -0.15) is 4.76 Å². The van der Waals surface area contributed by atoms with Gasteiger partial charge in [0.25, 0.3) is 0 Å². The molecule has 110 valence electrons. The summed E-state index contributed by atoms with van der Waals surface area (Å²) in [5, 5.41) is 0. The van der Waals surface area contributed by atoms with E-state index in [-0.39, 0.29) is 0 Å². The van der Waals surface area contributed by atoms with Gasteiger partial charge in [0.1, 0.15) is 0 Å². The molecule has 0 fully saturated rings. The van der Waals surface area contributed by atoms with Gasteiger partial charge in [0.15, 0.2) is 0 Å². The third-order valence-electron chi connectivity index (χ3n) is 2.46. The monoisotopic (exact) mass is 295 g/mol. The Hall–Kier alpha value is -1.22. The predicted octanol–water partition coefficient (Wildman–Crippen LogP) is 4.65. The summed E-state index contributed by atoms with van der Waals surface area (Å²) in [4.78, 5) is 0. The van der Waals surface area contributed by atoms with Crippen LogP contribution in [0, 0.1) is 6.92 Å². The number of rotatable bonds is 7. The number of hydrogen-bond acceptors (Lipinski definition) is 3. The van der Waals surface area contributed by atoms with Crippen LogP contribution >= 0.6 is 7.75 Å². The number of nitrogens with zero attached hydrogens (tertiary/aromatic N) is 1. The minimum Gasteiger partial charge on any atom is -0.291 e. The average molecular weight is 295 g/mol. The predicted molar refractivity (Wildman–Crippen MR) is 84.2 cm³/mol. The van der Waals surface area contributed by atoms with Crippen molar-refractivity contribution in [2.45, 2.75) is 27.7 Å². The first-order chi connectivity index (χ1) is 9.49. The summed E-state index contributed by atoms with van der Waals surface area (Å²) in [6.45, 7) is 7.94. The lowest BCUT2D eigenvalue weighted by Gasteiger charge is -2.11. The first-order valence-electron chi connectivity index (χ1n) is 6.69. The van der Waals surface area contributed by atoms with Gasteiger partial charge in [-0.15, -0.1) is 0 Å². The fourth-order valence-corrected chi connectivity index (χ4v) is 2.84. The van der Waals surface area contributed by atoms with Gasteiger partial charge in [-0.05, 0) is 39.3 Å². The summed E-state index contributed by atoms with van der Waals surface area (Å²) in [5.41, 5.74) is 2.88. The summed E-state index contributed by atoms with van der Waals surface area (Å²) >= 11 is 0. The number of aryl methyl sites for hydroxylation is 1. The summed E-state index contributed by atoms with van der Waals surface area (Å²) < 4.78 is 26.5. The molecule has 20 heavy (non-hydrogen) atoms. The molecular weight excluding hydrogens is 273 g/mol. The molecule has 0 heterocycles. The minimum atomic E-state index is -3.37. The van der Waals surface area contributed by atoms with Crippen LogP contribution in [0.2, 0.25) is 0 Å². The van der Waals surface area contributed by atoms with Crippen molar-refractivity contribution < 1.29 is 13.6 Å². The van der Waals surface area contributed by atoms with Crippen LogP contribution in [0.1, 0.15) is 31.9 Å². The molecule has 0 N–H and O–H groups in total. The Morgan fingerprint density at radius 1 is 1.20 bits per heavy atom. The molecule has 0 atom stereocenters. The van der Waals surface area contributed by atoms with Crippen molar-refractivity contribution in [3.8, 4) is 0 Å². The van der Waals surface area contributed by atoms with Crippen LogP contribution in [0.3, 0.4) is 0 Å². The molecule has 0 amide bonds. The zero-order valence-electron chi connectivity index (χ0n) is 12.5. The largest absolute Gasteiger partial charge is 0.454 e. The maximum absolute atomic E-state index is 12.2. The van der Waals surface area contributed by atoms with E-state index in [4.69, 9.17) is 9.05 Å². The van der Waals surface area contributed by atoms with E-state index in [2.05, 4.69) is 4.76 Å². The van der Waals surface area contributed by atoms with Crippen molar-refractivity contribution in [2.24, 2.45) is 4.76 Å². The maximum atomic E-state index is 12.2. The van der Waals surface area contributed by atoms with Crippen molar-refractivity contribution in [3.05, 3.63) is 41.5 Å². The fourth-order valence-electron chi connectivity index (χ4n) is 1.54. The average Bonchev–Trinajstić information content (AvgIpc) is 2.38. The molecule has 0 aliphatic carbocycles. The summed E-state index contributed by atoms with van der Waals surface area (Å²) in [6.07, 6.45) is 3.72. The first kappa shape index (κ1) is 16.8. The first-order valence-corrected chi connectivity index (χ1v) is 8.19. The molecule has 0 radical (unpaired) electrons. The normalized spacial score (nSPS) is 13.1. The summed E-state index contributed by atoms with van der Waals surface area (Å²) in [7, 11) is -3.37. The molecule has 1 aromatic carbocycles. The Balaban J connectivity index is 2.82. The highest BCUT2D eigenvalue weighted by molar-refractivity contribution is 7.52. The second kappa shape index (κ2) is 8.15. The van der Waals surface area contributed by atoms with Gasteiger partial charge in [0.2, 0.25) is 0 Å². The molecule has 0 aliphatic rings. The van der Waals surface area contributed by atoms with Gasteiger partial charge in [-0.3, -0.25) is 9.05 Å². The molecule has 0 aromatic heterocycles. The van der Waals surface area contributed by atoms with Crippen molar-refractivity contribution in [3.63, 3.8) is 0 Å². The van der Waals surface area contributed by atoms with E-state index in [0.29, 0.717) is 18.9 Å². The maximum Gasteiger partial charge on any atom is 0.454 e. The highest BCUT2D eigenvalue weighted by Gasteiger charge is 2.21. The van der Waals surface area contributed by atoms with E-state index in [1.807, 2.05) is 37.3 Å². The molecule has 0 saturated heterocycles. The third kappa shape index (κ3) is 5.83. The minimum absolute atomic E-state index is 0.301. The molecule has 0 unspecified atom stereocenters. The van der Waals surface area contributed by atoms with Gasteiger partial charge in [-0.25, -0.2) is 4.57 Å². The number of benzene rings is 1. The van der Waals surface area contributed by atoms with Crippen molar-refractivity contribution >= 4 is 19.5 Å². The number of hydrogen-bond donors (Lipinski definition) is 0. The van der Waals surface area contributed by atoms with Crippen LogP contribution in [-0.2, 0) is 13.6 Å². The molecule has 0 saturated carbocycles. The highest BCUT2D eigenvalue weighted by atomic mass is 31.2. The van der Waals surface area contributed by atoms with Gasteiger partial charge in [-0.1, -0.05) is 35.9 Å². The second-order valence-corrected chi connectivity index (χ2v) is 5.94. The fraction of sp³-hybridized carbons (Fsp3) is 0.400. The van der Waals surface area contributed by atoms with E-state index in [9.17, 15) is 4.57 Å². The van der Waals surface area contributed by atoms with Crippen molar-refractivity contribution in [1.82, 2.24) is 0 Å². The Labute approximate surface area is 121 Å². The molecular formula is C15H22NO3P. The van der Waals surface area contributed by atoms with Crippen molar-refractivity contribution in [2.75, 3.05) is 13.2 Å². The molecule has 0 bridgehead atoms. The van der Waals surface area contributed by atoms with E-state index in [1.165, 1.54) is 5.56 Å². The van der Waals surface area contributed by atoms with E-state index >= 15 is 0 Å². The molecule has 1 aromatic rings. The van der Waals surface area contributed by atoms with E-state index in [1.54, 1.807) is 26.8 Å². The van der Waals surface area contributed by atoms with E-state index < -0.39 is 7.75 Å². The standard InChI is InChI=1S/C15H22NO3P/c1-5-18-20(17,19-6-2)16-14(4)9-12-15-10-7-13(3)8-11-15/h7-12H,5-6H2,1-4H3/b12-9+,16-14+. The quantitative estimate of drug-likeness (QED) is 0.543. The van der Waals surface area contributed by atoms with Crippen LogP contribution in [0.4, 0.5) is 0 Å². The van der Waals surface area contributed by atoms with Crippen LogP contribution in [0.5, 0.6) is 0 Å². The zero-order chi connectivity index (χ0) is 15.0. The zero-order valence-corrected chi connectivity index (χ0v) is 13.4. The second-order valence-electron chi connectivity index (χ2n) is 4.29. The SMILES string of the molecule is CCOP(=O)(/N=C(C)/C=C/c1ccc(C)cc1)OCC. The van der Waals surface area contributed by atoms with Gasteiger partial charge >= 0.3 is 7.75 Å². The molecule has 4 nitrogen and oxygen atoms in total. The lowest BCUT2D eigenvalue weighted by molar-refractivity contribution is 0.221. The third-order valence-corrected chi connectivity index (χ3v) is 4.19. The van der Waals surface area contributed by atoms with Crippen LogP contribution < -0.4 is 0 Å². The molecule has 5 heteroatoms. The summed E-state index contributed by atoms with van der Waals surface area (Å²) in [5.74, 6) is 0. The smallest absolute Gasteiger partial charge is 0.291 e. The molecule has 0 aliphatic heterocycles. The lowest BCUT2D eigenvalue weighted by Crippen LogP contribution is -1.96. The van der Waals surface area contributed by atoms with Crippen molar-refractivity contribution in [1.29, 1.82) is 0 Å². The van der Waals surface area contributed by atoms with Crippen LogP contribution in [-0.4, -0.2) is 18.9 Å². The topological polar surface area (TPSA) is 47.9 Å². The Bertz CT molecular complexity index is 510. The van der Waals surface area contributed by atoms with E-state index in [0.717, 1.165) is 5.56 Å². The molecule has 1 rings (SSSR count). The Kier molecular flexibility index (Phi) is 6.86.